The maximum atomic E-state index is 11.4. The summed E-state index contributed by atoms with van der Waals surface area (Å²) in [7, 11) is 0. The van der Waals surface area contributed by atoms with Crippen LogP contribution in [0.25, 0.3) is 0 Å². The number of amides is 2. The molecule has 0 aromatic carbocycles. The molecule has 1 atom stereocenters. The van der Waals surface area contributed by atoms with Gasteiger partial charge in [0, 0.05) is 0 Å². The SMILES string of the molecule is CC(=O)[C@H](C(C)C)N1C(=O)CSC1=O. The molecule has 14 heavy (non-hydrogen) atoms. The first-order valence-electron chi connectivity index (χ1n) is 4.44. The molecule has 0 N–H and O–H groups in total. The monoisotopic (exact) mass is 215 g/mol. The fraction of sp³-hybridized carbons (Fsp3) is 0.667. The van der Waals surface area contributed by atoms with E-state index in [-0.39, 0.29) is 28.6 Å². The standard InChI is InChI=1S/C9H13NO3S/c1-5(2)8(6(3)11)10-7(12)4-14-9(10)13/h5,8H,4H2,1-3H3/t8-/m0/s1. The molecule has 0 spiro atoms. The molecular weight excluding hydrogens is 202 g/mol. The van der Waals surface area contributed by atoms with Crippen molar-refractivity contribution in [2.45, 2.75) is 26.8 Å². The van der Waals surface area contributed by atoms with Gasteiger partial charge in [0.1, 0.15) is 6.04 Å². The normalized spacial score (nSPS) is 19.3. The summed E-state index contributed by atoms with van der Waals surface area (Å²) in [6.45, 7) is 5.07. The van der Waals surface area contributed by atoms with Gasteiger partial charge in [-0.3, -0.25) is 19.3 Å². The van der Waals surface area contributed by atoms with E-state index in [1.807, 2.05) is 13.8 Å². The van der Waals surface area contributed by atoms with Gasteiger partial charge in [-0.1, -0.05) is 25.6 Å². The van der Waals surface area contributed by atoms with Crippen molar-refractivity contribution in [3.8, 4) is 0 Å². The van der Waals surface area contributed by atoms with Gasteiger partial charge in [-0.05, 0) is 12.8 Å². The number of hydrogen-bond donors (Lipinski definition) is 0. The molecule has 2 amide bonds. The van der Waals surface area contributed by atoms with Gasteiger partial charge in [-0.15, -0.1) is 0 Å². The lowest BCUT2D eigenvalue weighted by Crippen LogP contribution is -2.46. The summed E-state index contributed by atoms with van der Waals surface area (Å²) < 4.78 is 0. The third-order valence-corrected chi connectivity index (χ3v) is 2.95. The molecule has 0 bridgehead atoms. The van der Waals surface area contributed by atoms with Crippen molar-refractivity contribution < 1.29 is 14.4 Å². The Kier molecular flexibility index (Phi) is 3.31. The molecule has 78 valence electrons. The quantitative estimate of drug-likeness (QED) is 0.712. The van der Waals surface area contributed by atoms with Crippen molar-refractivity contribution in [3.63, 3.8) is 0 Å². The number of rotatable bonds is 3. The molecule has 1 aliphatic rings. The lowest BCUT2D eigenvalue weighted by atomic mass is 9.99. The Labute approximate surface area is 87.0 Å². The van der Waals surface area contributed by atoms with E-state index in [4.69, 9.17) is 0 Å². The number of ketones is 1. The molecule has 0 aromatic heterocycles. The fourth-order valence-electron chi connectivity index (χ4n) is 1.58. The van der Waals surface area contributed by atoms with Crippen LogP contribution in [0.15, 0.2) is 0 Å². The lowest BCUT2D eigenvalue weighted by molar-refractivity contribution is -0.133. The summed E-state index contributed by atoms with van der Waals surface area (Å²) in [5, 5.41) is -0.302. The van der Waals surface area contributed by atoms with E-state index in [0.717, 1.165) is 16.7 Å². The van der Waals surface area contributed by atoms with Crippen LogP contribution in [0.5, 0.6) is 0 Å². The maximum Gasteiger partial charge on any atom is 0.289 e. The highest BCUT2D eigenvalue weighted by Gasteiger charge is 2.39. The zero-order valence-electron chi connectivity index (χ0n) is 8.44. The number of carbonyl (C=O) groups is 3. The van der Waals surface area contributed by atoms with Crippen molar-refractivity contribution in [3.05, 3.63) is 0 Å². The van der Waals surface area contributed by atoms with Crippen LogP contribution in [0.4, 0.5) is 4.79 Å². The lowest BCUT2D eigenvalue weighted by Gasteiger charge is -2.26. The predicted octanol–water partition coefficient (Wildman–Crippen LogP) is 1.30. The van der Waals surface area contributed by atoms with Crippen LogP contribution in [-0.2, 0) is 9.59 Å². The van der Waals surface area contributed by atoms with E-state index in [1.165, 1.54) is 6.92 Å². The van der Waals surface area contributed by atoms with Gasteiger partial charge in [-0.2, -0.15) is 0 Å². The molecule has 4 nitrogen and oxygen atoms in total. The van der Waals surface area contributed by atoms with E-state index in [9.17, 15) is 14.4 Å². The molecule has 0 radical (unpaired) electrons. The third-order valence-electron chi connectivity index (χ3n) is 2.11. The minimum Gasteiger partial charge on any atom is -0.298 e. The number of Topliss-reactive ketones (excluding diaryl/α,β-unsaturated/α-hetero) is 1. The summed E-state index contributed by atoms with van der Waals surface area (Å²) in [5.41, 5.74) is 0. The third kappa shape index (κ3) is 1.97. The van der Waals surface area contributed by atoms with Crippen LogP contribution in [0.1, 0.15) is 20.8 Å². The van der Waals surface area contributed by atoms with Gasteiger partial charge in [0.25, 0.3) is 5.24 Å². The second-order valence-electron chi connectivity index (χ2n) is 3.62. The molecule has 1 heterocycles. The Morgan fingerprint density at radius 2 is 2.00 bits per heavy atom. The first-order valence-corrected chi connectivity index (χ1v) is 5.43. The second-order valence-corrected chi connectivity index (χ2v) is 4.54. The van der Waals surface area contributed by atoms with E-state index in [0.29, 0.717) is 0 Å². The smallest absolute Gasteiger partial charge is 0.289 e. The van der Waals surface area contributed by atoms with E-state index >= 15 is 0 Å². The van der Waals surface area contributed by atoms with Crippen LogP contribution in [0.2, 0.25) is 0 Å². The molecular formula is C9H13NO3S. The summed E-state index contributed by atoms with van der Waals surface area (Å²) in [5.74, 6) is -0.257. The minimum atomic E-state index is -0.593. The van der Waals surface area contributed by atoms with Gasteiger partial charge >= 0.3 is 0 Å². The fourth-order valence-corrected chi connectivity index (χ4v) is 2.32. The number of nitrogens with zero attached hydrogens (tertiary/aromatic N) is 1. The van der Waals surface area contributed by atoms with Crippen molar-refractivity contribution in [1.82, 2.24) is 4.90 Å². The molecule has 0 saturated carbocycles. The largest absolute Gasteiger partial charge is 0.298 e. The Morgan fingerprint density at radius 3 is 2.29 bits per heavy atom. The Morgan fingerprint density at radius 1 is 1.43 bits per heavy atom. The van der Waals surface area contributed by atoms with Gasteiger partial charge in [0.05, 0.1) is 5.75 Å². The Hall–Kier alpha value is -0.840. The molecule has 1 saturated heterocycles. The van der Waals surface area contributed by atoms with Gasteiger partial charge in [-0.25, -0.2) is 0 Å². The van der Waals surface area contributed by atoms with Crippen LogP contribution < -0.4 is 0 Å². The van der Waals surface area contributed by atoms with E-state index < -0.39 is 6.04 Å². The summed E-state index contributed by atoms with van der Waals surface area (Å²) in [6, 6.07) is -0.593. The number of hydrogen-bond acceptors (Lipinski definition) is 4. The zero-order valence-corrected chi connectivity index (χ0v) is 9.26. The molecule has 0 aliphatic carbocycles. The van der Waals surface area contributed by atoms with Crippen LogP contribution in [0, 0.1) is 5.92 Å². The molecule has 5 heteroatoms. The first-order chi connectivity index (χ1) is 6.45. The number of thioether (sulfide) groups is 1. The van der Waals surface area contributed by atoms with Crippen molar-refractivity contribution in [2.75, 3.05) is 5.75 Å². The number of carbonyl (C=O) groups excluding carboxylic acids is 3. The molecule has 0 aromatic rings. The van der Waals surface area contributed by atoms with Crippen molar-refractivity contribution >= 4 is 28.7 Å². The van der Waals surface area contributed by atoms with Crippen molar-refractivity contribution in [2.24, 2.45) is 5.92 Å². The molecule has 1 rings (SSSR count). The van der Waals surface area contributed by atoms with E-state index in [2.05, 4.69) is 0 Å². The highest BCUT2D eigenvalue weighted by molar-refractivity contribution is 8.14. The first kappa shape index (κ1) is 11.2. The average molecular weight is 215 g/mol. The maximum absolute atomic E-state index is 11.4. The van der Waals surface area contributed by atoms with Crippen LogP contribution >= 0.6 is 11.8 Å². The van der Waals surface area contributed by atoms with Gasteiger partial charge < -0.3 is 0 Å². The summed E-state index contributed by atoms with van der Waals surface area (Å²) in [4.78, 5) is 35.1. The molecule has 0 unspecified atom stereocenters. The van der Waals surface area contributed by atoms with Crippen molar-refractivity contribution in [1.29, 1.82) is 0 Å². The van der Waals surface area contributed by atoms with Gasteiger partial charge in [0.15, 0.2) is 5.78 Å². The Bertz CT molecular complexity index is 272. The Balaban J connectivity index is 2.92. The van der Waals surface area contributed by atoms with Crippen LogP contribution in [-0.4, -0.2) is 33.6 Å². The zero-order chi connectivity index (χ0) is 10.9. The highest BCUT2D eigenvalue weighted by Crippen LogP contribution is 2.25. The molecule has 1 aliphatic heterocycles. The second kappa shape index (κ2) is 4.13. The average Bonchev–Trinajstić information content (AvgIpc) is 2.34. The topological polar surface area (TPSA) is 54.5 Å². The summed E-state index contributed by atoms with van der Waals surface area (Å²) in [6.07, 6.45) is 0. The predicted molar refractivity (Wildman–Crippen MR) is 54.0 cm³/mol. The van der Waals surface area contributed by atoms with E-state index in [1.54, 1.807) is 0 Å². The molecule has 1 fully saturated rings. The highest BCUT2D eigenvalue weighted by atomic mass is 32.2. The summed E-state index contributed by atoms with van der Waals surface area (Å²) >= 11 is 0.962. The van der Waals surface area contributed by atoms with Crippen LogP contribution in [0.3, 0.4) is 0 Å². The minimum absolute atomic E-state index is 0.0286. The van der Waals surface area contributed by atoms with Gasteiger partial charge in [0.2, 0.25) is 5.91 Å². The number of imide groups is 1.